The number of benzene rings is 1. The zero-order valence-electron chi connectivity index (χ0n) is 25.7. The molecule has 0 aliphatic rings. The van der Waals surface area contributed by atoms with Crippen LogP contribution < -0.4 is 16.0 Å². The van der Waals surface area contributed by atoms with E-state index < -0.39 is 59.6 Å². The summed E-state index contributed by atoms with van der Waals surface area (Å²) in [5.74, 6) is -2.79. The van der Waals surface area contributed by atoms with Crippen LogP contribution in [0.5, 0.6) is 0 Å². The van der Waals surface area contributed by atoms with Gasteiger partial charge in [0, 0.05) is 5.92 Å². The van der Waals surface area contributed by atoms with Crippen LogP contribution in [0.25, 0.3) is 0 Å². The first kappa shape index (κ1) is 35.6. The average molecular weight is 576 g/mol. The predicted molar refractivity (Wildman–Crippen MR) is 158 cm³/mol. The van der Waals surface area contributed by atoms with Crippen LogP contribution in [0.4, 0.5) is 4.79 Å². The van der Waals surface area contributed by atoms with E-state index in [9.17, 15) is 24.3 Å². The molecule has 1 aromatic carbocycles. The molecule has 0 fully saturated rings. The second-order valence-electron chi connectivity index (χ2n) is 12.0. The lowest BCUT2D eigenvalue weighted by atomic mass is 9.90. The fraction of sp³-hybridized carbons (Fsp3) is 0.613. The van der Waals surface area contributed by atoms with Crippen LogP contribution in [0.2, 0.25) is 0 Å². The summed E-state index contributed by atoms with van der Waals surface area (Å²) in [6, 6.07) is 6.82. The van der Waals surface area contributed by atoms with Gasteiger partial charge in [-0.2, -0.15) is 0 Å². The van der Waals surface area contributed by atoms with Gasteiger partial charge in [0.25, 0.3) is 0 Å². The molecule has 10 heteroatoms. The summed E-state index contributed by atoms with van der Waals surface area (Å²) in [6.07, 6.45) is 0.315. The zero-order chi connectivity index (χ0) is 31.3. The van der Waals surface area contributed by atoms with Gasteiger partial charge in [-0.25, -0.2) is 9.59 Å². The van der Waals surface area contributed by atoms with Crippen molar-refractivity contribution in [2.24, 2.45) is 17.8 Å². The van der Waals surface area contributed by atoms with Crippen molar-refractivity contribution in [2.75, 3.05) is 7.11 Å². The first-order chi connectivity index (χ1) is 19.1. The van der Waals surface area contributed by atoms with Crippen LogP contribution in [-0.2, 0) is 30.3 Å². The maximum absolute atomic E-state index is 13.4. The lowest BCUT2D eigenvalue weighted by molar-refractivity contribution is -0.147. The standard InChI is InChI=1S/C31H49N3O7/c1-10-14-22(27(36)33-25(19(2)3)28(37)34-26(20(4)5)29(38)40-9)18-24(35)23(17-21-15-12-11-13-16-21)32-30(39)41-31(6,7)8/h10-13,15-16,19-20,22-26,35H,1,14,17-18H2,2-9H3,(H,32,39)(H,33,36)(H,34,37)/t22?,23-,24-,25+,26?/m0/s1. The van der Waals surface area contributed by atoms with Gasteiger partial charge in [-0.3, -0.25) is 9.59 Å². The Labute approximate surface area is 244 Å². The van der Waals surface area contributed by atoms with Crippen molar-refractivity contribution in [3.63, 3.8) is 0 Å². The number of nitrogens with one attached hydrogen (secondary N) is 3. The quantitative estimate of drug-likeness (QED) is 0.185. The summed E-state index contributed by atoms with van der Waals surface area (Å²) in [5, 5.41) is 19.5. The van der Waals surface area contributed by atoms with E-state index in [1.165, 1.54) is 7.11 Å². The maximum atomic E-state index is 13.4. The molecular formula is C31H49N3O7. The van der Waals surface area contributed by atoms with Gasteiger partial charge in [0.15, 0.2) is 0 Å². The summed E-state index contributed by atoms with van der Waals surface area (Å²) < 4.78 is 10.2. The van der Waals surface area contributed by atoms with E-state index in [0.29, 0.717) is 6.42 Å². The van der Waals surface area contributed by atoms with Gasteiger partial charge < -0.3 is 30.5 Å². The topological polar surface area (TPSA) is 143 Å². The van der Waals surface area contributed by atoms with Gasteiger partial charge in [-0.15, -0.1) is 6.58 Å². The zero-order valence-corrected chi connectivity index (χ0v) is 25.7. The summed E-state index contributed by atoms with van der Waals surface area (Å²) >= 11 is 0. The fourth-order valence-corrected chi connectivity index (χ4v) is 4.25. The Morgan fingerprint density at radius 1 is 0.927 bits per heavy atom. The van der Waals surface area contributed by atoms with Crippen LogP contribution in [0.1, 0.15) is 66.9 Å². The van der Waals surface area contributed by atoms with Crippen molar-refractivity contribution in [1.29, 1.82) is 0 Å². The summed E-state index contributed by atoms with van der Waals surface area (Å²) in [4.78, 5) is 51.3. The number of methoxy groups -OCH3 is 1. The van der Waals surface area contributed by atoms with Crippen LogP contribution in [0.3, 0.4) is 0 Å². The van der Waals surface area contributed by atoms with Gasteiger partial charge in [0.1, 0.15) is 17.7 Å². The smallest absolute Gasteiger partial charge is 0.407 e. The summed E-state index contributed by atoms with van der Waals surface area (Å²) in [5.41, 5.74) is 0.158. The first-order valence-corrected chi connectivity index (χ1v) is 14.1. The van der Waals surface area contributed by atoms with Crippen molar-refractivity contribution >= 4 is 23.9 Å². The number of allylic oxidation sites excluding steroid dienone is 1. The Hall–Kier alpha value is -3.40. The molecule has 0 radical (unpaired) electrons. The first-order valence-electron chi connectivity index (χ1n) is 14.1. The highest BCUT2D eigenvalue weighted by atomic mass is 16.6. The van der Waals surface area contributed by atoms with Crippen molar-refractivity contribution < 1.29 is 33.8 Å². The van der Waals surface area contributed by atoms with Crippen LogP contribution in [0.15, 0.2) is 43.0 Å². The lowest BCUT2D eigenvalue weighted by Gasteiger charge is -2.30. The number of amides is 3. The maximum Gasteiger partial charge on any atom is 0.407 e. The van der Waals surface area contributed by atoms with Crippen molar-refractivity contribution in [3.05, 3.63) is 48.6 Å². The van der Waals surface area contributed by atoms with Crippen LogP contribution >= 0.6 is 0 Å². The molecule has 0 bridgehead atoms. The molecule has 3 amide bonds. The third kappa shape index (κ3) is 12.8. The number of carbonyl (C=O) groups is 4. The minimum Gasteiger partial charge on any atom is -0.467 e. The Kier molecular flexibility index (Phi) is 14.6. The number of hydrogen-bond acceptors (Lipinski definition) is 7. The molecule has 4 N–H and O–H groups in total. The Morgan fingerprint density at radius 2 is 1.49 bits per heavy atom. The number of ether oxygens (including phenoxy) is 2. The monoisotopic (exact) mass is 575 g/mol. The molecule has 0 saturated carbocycles. The molecule has 0 spiro atoms. The van der Waals surface area contributed by atoms with E-state index >= 15 is 0 Å². The molecule has 2 unspecified atom stereocenters. The molecule has 5 atom stereocenters. The van der Waals surface area contributed by atoms with Gasteiger partial charge >= 0.3 is 12.1 Å². The minimum atomic E-state index is -1.12. The number of aliphatic hydroxyl groups excluding tert-OH is 1. The lowest BCUT2D eigenvalue weighted by Crippen LogP contribution is -2.56. The predicted octanol–water partition coefficient (Wildman–Crippen LogP) is 3.52. The summed E-state index contributed by atoms with van der Waals surface area (Å²) in [7, 11) is 1.25. The molecule has 1 rings (SSSR count). The Balaban J connectivity index is 3.11. The van der Waals surface area contributed by atoms with E-state index in [-0.39, 0.29) is 24.7 Å². The third-order valence-corrected chi connectivity index (χ3v) is 6.48. The van der Waals surface area contributed by atoms with E-state index in [1.807, 2.05) is 30.3 Å². The number of carbonyl (C=O) groups excluding carboxylic acids is 4. The second kappa shape index (κ2) is 16.8. The van der Waals surface area contributed by atoms with Crippen molar-refractivity contribution in [1.82, 2.24) is 16.0 Å². The number of aliphatic hydroxyl groups is 1. The Bertz CT molecular complexity index is 1000. The molecule has 0 aliphatic carbocycles. The largest absolute Gasteiger partial charge is 0.467 e. The molecular weight excluding hydrogens is 526 g/mol. The number of hydrogen-bond donors (Lipinski definition) is 4. The molecule has 0 aromatic heterocycles. The molecule has 10 nitrogen and oxygen atoms in total. The van der Waals surface area contributed by atoms with Gasteiger partial charge in [0.05, 0.1) is 19.3 Å². The number of alkyl carbamates (subject to hydrolysis) is 1. The van der Waals surface area contributed by atoms with E-state index in [1.54, 1.807) is 54.5 Å². The minimum absolute atomic E-state index is 0.00559. The molecule has 230 valence electrons. The highest BCUT2D eigenvalue weighted by molar-refractivity contribution is 5.91. The van der Waals surface area contributed by atoms with Crippen molar-refractivity contribution in [3.8, 4) is 0 Å². The number of esters is 1. The van der Waals surface area contributed by atoms with Crippen LogP contribution in [0, 0.1) is 17.8 Å². The third-order valence-electron chi connectivity index (χ3n) is 6.48. The van der Waals surface area contributed by atoms with Gasteiger partial charge in [-0.05, 0) is 57.4 Å². The van der Waals surface area contributed by atoms with Crippen LogP contribution in [-0.4, -0.2) is 65.9 Å². The average Bonchev–Trinajstić information content (AvgIpc) is 2.88. The Morgan fingerprint density at radius 3 is 1.98 bits per heavy atom. The fourth-order valence-electron chi connectivity index (χ4n) is 4.25. The van der Waals surface area contributed by atoms with Crippen molar-refractivity contribution in [2.45, 2.75) is 97.6 Å². The molecule has 1 aromatic rings. The van der Waals surface area contributed by atoms with Gasteiger partial charge in [0.2, 0.25) is 11.8 Å². The molecule has 41 heavy (non-hydrogen) atoms. The molecule has 0 heterocycles. The normalized spacial score (nSPS) is 15.2. The highest BCUT2D eigenvalue weighted by Crippen LogP contribution is 2.19. The van der Waals surface area contributed by atoms with E-state index in [4.69, 9.17) is 9.47 Å². The SMILES string of the molecule is C=CCC(C[C@H](O)[C@H](Cc1ccccc1)NC(=O)OC(C)(C)C)C(=O)N[C@@H](C(=O)NC(C(=O)OC)C(C)C)C(C)C. The second-order valence-corrected chi connectivity index (χ2v) is 12.0. The number of rotatable bonds is 15. The summed E-state index contributed by atoms with van der Waals surface area (Å²) in [6.45, 7) is 16.1. The van der Waals surface area contributed by atoms with E-state index in [2.05, 4.69) is 22.5 Å². The molecule has 0 aliphatic heterocycles. The highest BCUT2D eigenvalue weighted by Gasteiger charge is 2.34. The van der Waals surface area contributed by atoms with E-state index in [0.717, 1.165) is 5.56 Å². The molecule has 0 saturated heterocycles. The van der Waals surface area contributed by atoms with Gasteiger partial charge in [-0.1, -0.05) is 64.1 Å².